The summed E-state index contributed by atoms with van der Waals surface area (Å²) >= 11 is 0. The number of nitrogens with one attached hydrogen (secondary N) is 2. The largest absolute Gasteiger partial charge is 0.344 e. The molecule has 5 nitrogen and oxygen atoms in total. The van der Waals surface area contributed by atoms with Gasteiger partial charge in [0.05, 0.1) is 5.54 Å². The Hall–Kier alpha value is -1.36. The summed E-state index contributed by atoms with van der Waals surface area (Å²) in [5.41, 5.74) is 6.09. The summed E-state index contributed by atoms with van der Waals surface area (Å²) in [7, 11) is 0. The van der Waals surface area contributed by atoms with Gasteiger partial charge in [-0.15, -0.1) is 0 Å². The van der Waals surface area contributed by atoms with Crippen molar-refractivity contribution in [2.24, 2.45) is 5.73 Å². The molecule has 1 heterocycles. The van der Waals surface area contributed by atoms with Gasteiger partial charge in [0, 0.05) is 12.7 Å². The summed E-state index contributed by atoms with van der Waals surface area (Å²) in [4.78, 5) is 11.9. The lowest BCUT2D eigenvalue weighted by Gasteiger charge is -2.36. The van der Waals surface area contributed by atoms with E-state index in [2.05, 4.69) is 15.5 Å². The molecule has 1 aromatic heterocycles. The third-order valence-electron chi connectivity index (χ3n) is 3.33. The molecule has 2 rings (SSSR count). The van der Waals surface area contributed by atoms with Crippen LogP contribution in [0.15, 0.2) is 12.3 Å². The van der Waals surface area contributed by atoms with Crippen LogP contribution in [0.5, 0.6) is 0 Å². The van der Waals surface area contributed by atoms with Crippen LogP contribution in [0.1, 0.15) is 42.6 Å². The number of amides is 1. The van der Waals surface area contributed by atoms with Crippen molar-refractivity contribution in [2.75, 3.05) is 6.54 Å². The van der Waals surface area contributed by atoms with Crippen molar-refractivity contribution in [3.05, 3.63) is 18.0 Å². The number of H-pyrrole nitrogens is 1. The topological polar surface area (TPSA) is 83.8 Å². The molecule has 0 bridgehead atoms. The van der Waals surface area contributed by atoms with Gasteiger partial charge in [0.1, 0.15) is 5.69 Å². The standard InChI is InChI=1S/C11H18N4O/c12-8-11(5-2-1-3-6-11)14-10(16)9-4-7-13-15-9/h4,7H,1-3,5-6,8,12H2,(H,13,15)(H,14,16). The Morgan fingerprint density at radius 2 is 2.25 bits per heavy atom. The maximum Gasteiger partial charge on any atom is 0.269 e. The van der Waals surface area contributed by atoms with Crippen LogP contribution in [0.4, 0.5) is 0 Å². The van der Waals surface area contributed by atoms with Crippen molar-refractivity contribution in [2.45, 2.75) is 37.6 Å². The molecule has 5 heteroatoms. The van der Waals surface area contributed by atoms with Crippen LogP contribution in [0, 0.1) is 0 Å². The molecular formula is C11H18N4O. The molecule has 1 aromatic rings. The second-order valence-electron chi connectivity index (χ2n) is 4.47. The molecule has 0 aromatic carbocycles. The van der Waals surface area contributed by atoms with Crippen LogP contribution < -0.4 is 11.1 Å². The van der Waals surface area contributed by atoms with Crippen molar-refractivity contribution in [1.82, 2.24) is 15.5 Å². The summed E-state index contributed by atoms with van der Waals surface area (Å²) in [5, 5.41) is 9.48. The summed E-state index contributed by atoms with van der Waals surface area (Å²) in [6.45, 7) is 0.507. The first-order valence-electron chi connectivity index (χ1n) is 5.78. The number of nitrogens with two attached hydrogens (primary N) is 1. The lowest BCUT2D eigenvalue weighted by atomic mass is 9.81. The number of nitrogens with zero attached hydrogens (tertiary/aromatic N) is 1. The van der Waals surface area contributed by atoms with E-state index in [0.29, 0.717) is 12.2 Å². The predicted molar refractivity (Wildman–Crippen MR) is 60.9 cm³/mol. The molecule has 1 fully saturated rings. The molecule has 88 valence electrons. The number of aromatic amines is 1. The highest BCUT2D eigenvalue weighted by atomic mass is 16.2. The maximum atomic E-state index is 11.9. The normalized spacial score (nSPS) is 19.3. The van der Waals surface area contributed by atoms with Gasteiger partial charge in [-0.3, -0.25) is 9.89 Å². The third-order valence-corrected chi connectivity index (χ3v) is 3.33. The predicted octanol–water partition coefficient (Wildman–Crippen LogP) is 0.801. The highest BCUT2D eigenvalue weighted by molar-refractivity contribution is 5.92. The van der Waals surface area contributed by atoms with Gasteiger partial charge in [-0.05, 0) is 18.9 Å². The average molecular weight is 222 g/mol. The van der Waals surface area contributed by atoms with Gasteiger partial charge in [-0.1, -0.05) is 19.3 Å². The van der Waals surface area contributed by atoms with E-state index < -0.39 is 0 Å². The number of aromatic nitrogens is 2. The zero-order valence-corrected chi connectivity index (χ0v) is 9.33. The van der Waals surface area contributed by atoms with E-state index in [1.165, 1.54) is 6.42 Å². The summed E-state index contributed by atoms with van der Waals surface area (Å²) in [5.74, 6) is -0.107. The van der Waals surface area contributed by atoms with E-state index in [0.717, 1.165) is 25.7 Å². The molecule has 0 radical (unpaired) electrons. The Morgan fingerprint density at radius 3 is 2.81 bits per heavy atom. The second-order valence-corrected chi connectivity index (χ2v) is 4.47. The van der Waals surface area contributed by atoms with Crippen molar-refractivity contribution in [3.8, 4) is 0 Å². The van der Waals surface area contributed by atoms with Crippen LogP contribution in [-0.4, -0.2) is 28.2 Å². The van der Waals surface area contributed by atoms with E-state index in [-0.39, 0.29) is 11.4 Å². The minimum absolute atomic E-state index is 0.107. The Kier molecular flexibility index (Phi) is 3.24. The molecule has 1 aliphatic rings. The van der Waals surface area contributed by atoms with Crippen LogP contribution in [-0.2, 0) is 0 Å². The Morgan fingerprint density at radius 1 is 1.50 bits per heavy atom. The summed E-state index contributed by atoms with van der Waals surface area (Å²) in [6, 6.07) is 1.67. The number of hydrogen-bond acceptors (Lipinski definition) is 3. The molecular weight excluding hydrogens is 204 g/mol. The highest BCUT2D eigenvalue weighted by Crippen LogP contribution is 2.27. The SMILES string of the molecule is NCC1(NC(=O)c2ccn[nH]2)CCCCC1. The van der Waals surface area contributed by atoms with Gasteiger partial charge < -0.3 is 11.1 Å². The Labute approximate surface area is 94.8 Å². The fraction of sp³-hybridized carbons (Fsp3) is 0.636. The molecule has 16 heavy (non-hydrogen) atoms. The minimum Gasteiger partial charge on any atom is -0.344 e. The number of carbonyl (C=O) groups excluding carboxylic acids is 1. The van der Waals surface area contributed by atoms with Crippen LogP contribution in [0.3, 0.4) is 0 Å². The van der Waals surface area contributed by atoms with Crippen LogP contribution >= 0.6 is 0 Å². The smallest absolute Gasteiger partial charge is 0.269 e. The van der Waals surface area contributed by atoms with E-state index in [4.69, 9.17) is 5.73 Å². The lowest BCUT2D eigenvalue weighted by Crippen LogP contribution is -2.54. The quantitative estimate of drug-likeness (QED) is 0.707. The van der Waals surface area contributed by atoms with Crippen LogP contribution in [0.2, 0.25) is 0 Å². The molecule has 1 saturated carbocycles. The fourth-order valence-corrected chi connectivity index (χ4v) is 2.30. The van der Waals surface area contributed by atoms with Gasteiger partial charge >= 0.3 is 0 Å². The molecule has 0 saturated heterocycles. The molecule has 4 N–H and O–H groups in total. The van der Waals surface area contributed by atoms with E-state index in [1.807, 2.05) is 0 Å². The molecule has 0 spiro atoms. The zero-order valence-electron chi connectivity index (χ0n) is 9.33. The fourth-order valence-electron chi connectivity index (χ4n) is 2.30. The van der Waals surface area contributed by atoms with Crippen molar-refractivity contribution in [3.63, 3.8) is 0 Å². The van der Waals surface area contributed by atoms with Gasteiger partial charge in [0.25, 0.3) is 5.91 Å². The summed E-state index contributed by atoms with van der Waals surface area (Å²) in [6.07, 6.45) is 7.04. The van der Waals surface area contributed by atoms with Gasteiger partial charge in [-0.2, -0.15) is 5.10 Å². The van der Waals surface area contributed by atoms with Crippen LogP contribution in [0.25, 0.3) is 0 Å². The third kappa shape index (κ3) is 2.24. The van der Waals surface area contributed by atoms with E-state index in [1.54, 1.807) is 12.3 Å². The lowest BCUT2D eigenvalue weighted by molar-refractivity contribution is 0.0869. The molecule has 1 aliphatic carbocycles. The van der Waals surface area contributed by atoms with Gasteiger partial charge in [-0.25, -0.2) is 0 Å². The average Bonchev–Trinajstić information content (AvgIpc) is 2.84. The van der Waals surface area contributed by atoms with Crippen molar-refractivity contribution < 1.29 is 4.79 Å². The zero-order chi connectivity index (χ0) is 11.4. The number of carbonyl (C=O) groups is 1. The number of hydrogen-bond donors (Lipinski definition) is 3. The minimum atomic E-state index is -0.208. The first kappa shape index (κ1) is 11.1. The molecule has 1 amide bonds. The molecule has 0 atom stereocenters. The van der Waals surface area contributed by atoms with Crippen molar-refractivity contribution >= 4 is 5.91 Å². The molecule has 0 aliphatic heterocycles. The Bertz CT molecular complexity index is 341. The Balaban J connectivity index is 2.03. The van der Waals surface area contributed by atoms with E-state index in [9.17, 15) is 4.79 Å². The number of rotatable bonds is 3. The van der Waals surface area contributed by atoms with E-state index >= 15 is 0 Å². The highest BCUT2D eigenvalue weighted by Gasteiger charge is 2.32. The monoisotopic (exact) mass is 222 g/mol. The second kappa shape index (κ2) is 4.65. The van der Waals surface area contributed by atoms with Gasteiger partial charge in [0.2, 0.25) is 0 Å². The first-order chi connectivity index (χ1) is 7.76. The maximum absolute atomic E-state index is 11.9. The molecule has 0 unspecified atom stereocenters. The first-order valence-corrected chi connectivity index (χ1v) is 5.78. The van der Waals surface area contributed by atoms with Crippen molar-refractivity contribution in [1.29, 1.82) is 0 Å². The summed E-state index contributed by atoms with van der Waals surface area (Å²) < 4.78 is 0. The van der Waals surface area contributed by atoms with Gasteiger partial charge in [0.15, 0.2) is 0 Å².